The minimum Gasteiger partial charge on any atom is -0.330 e. The molecule has 2 N–H and O–H groups in total. The molecule has 18 heavy (non-hydrogen) atoms. The molecule has 0 heterocycles. The van der Waals surface area contributed by atoms with Gasteiger partial charge in [-0.1, -0.05) is 61.7 Å². The van der Waals surface area contributed by atoms with Gasteiger partial charge in [0.25, 0.3) is 0 Å². The standard InChI is InChI=1S/C17H19N/c1-13(16-6-4-3-5-7-16)14(2)17-10-8-15(12-18)9-11-17/h3-8,10-11,15H,1-2,9,12,18H2. The van der Waals surface area contributed by atoms with Gasteiger partial charge >= 0.3 is 0 Å². The molecule has 1 aliphatic carbocycles. The number of allylic oxidation sites excluding steroid dienone is 5. The van der Waals surface area contributed by atoms with E-state index in [2.05, 4.69) is 43.5 Å². The van der Waals surface area contributed by atoms with Crippen LogP contribution in [0.2, 0.25) is 0 Å². The van der Waals surface area contributed by atoms with Crippen LogP contribution in [0.25, 0.3) is 5.57 Å². The highest BCUT2D eigenvalue weighted by Gasteiger charge is 2.11. The van der Waals surface area contributed by atoms with E-state index in [0.717, 1.165) is 28.7 Å². The van der Waals surface area contributed by atoms with Gasteiger partial charge in [-0.05, 0) is 41.2 Å². The lowest BCUT2D eigenvalue weighted by Gasteiger charge is -2.17. The Balaban J connectivity index is 2.12. The summed E-state index contributed by atoms with van der Waals surface area (Å²) in [5.41, 5.74) is 9.92. The van der Waals surface area contributed by atoms with Crippen LogP contribution in [0.1, 0.15) is 12.0 Å². The smallest absolute Gasteiger partial charge is 0.00111 e. The predicted molar refractivity (Wildman–Crippen MR) is 79.0 cm³/mol. The van der Waals surface area contributed by atoms with Crippen LogP contribution in [0.5, 0.6) is 0 Å². The minimum absolute atomic E-state index is 0.464. The molecular weight excluding hydrogens is 218 g/mol. The fourth-order valence-electron chi connectivity index (χ4n) is 2.05. The molecule has 1 aliphatic rings. The Morgan fingerprint density at radius 3 is 2.44 bits per heavy atom. The molecule has 0 fully saturated rings. The maximum Gasteiger partial charge on any atom is -0.00111 e. The second kappa shape index (κ2) is 5.65. The molecule has 1 aromatic rings. The second-order valence-corrected chi connectivity index (χ2v) is 4.57. The van der Waals surface area contributed by atoms with Crippen LogP contribution in [0, 0.1) is 5.92 Å². The summed E-state index contributed by atoms with van der Waals surface area (Å²) in [4.78, 5) is 0. The first-order valence-electron chi connectivity index (χ1n) is 6.24. The van der Waals surface area contributed by atoms with Crippen molar-refractivity contribution in [2.45, 2.75) is 6.42 Å². The zero-order valence-electron chi connectivity index (χ0n) is 10.6. The number of hydrogen-bond donors (Lipinski definition) is 1. The van der Waals surface area contributed by atoms with Gasteiger partial charge in [0.15, 0.2) is 0 Å². The maximum absolute atomic E-state index is 5.66. The Bertz CT molecular complexity index is 506. The molecule has 0 aromatic heterocycles. The van der Waals surface area contributed by atoms with Gasteiger partial charge in [0, 0.05) is 0 Å². The van der Waals surface area contributed by atoms with Crippen LogP contribution in [0.3, 0.4) is 0 Å². The number of nitrogens with two attached hydrogens (primary N) is 1. The molecule has 0 aliphatic heterocycles. The lowest BCUT2D eigenvalue weighted by molar-refractivity contribution is 0.666. The van der Waals surface area contributed by atoms with Crippen molar-refractivity contribution in [2.75, 3.05) is 6.54 Å². The van der Waals surface area contributed by atoms with Gasteiger partial charge in [-0.25, -0.2) is 0 Å². The molecule has 0 saturated heterocycles. The summed E-state index contributed by atoms with van der Waals surface area (Å²) in [5, 5.41) is 0. The van der Waals surface area contributed by atoms with Gasteiger partial charge in [-0.15, -0.1) is 0 Å². The molecule has 1 nitrogen and oxygen atoms in total. The van der Waals surface area contributed by atoms with Crippen molar-refractivity contribution < 1.29 is 0 Å². The fraction of sp³-hybridized carbons (Fsp3) is 0.176. The lowest BCUT2D eigenvalue weighted by atomic mass is 9.89. The summed E-state index contributed by atoms with van der Waals surface area (Å²) >= 11 is 0. The Morgan fingerprint density at radius 2 is 1.89 bits per heavy atom. The maximum atomic E-state index is 5.66. The number of rotatable bonds is 4. The van der Waals surface area contributed by atoms with Crippen molar-refractivity contribution in [1.82, 2.24) is 0 Å². The Kier molecular flexibility index (Phi) is 3.96. The zero-order valence-corrected chi connectivity index (χ0v) is 10.6. The lowest BCUT2D eigenvalue weighted by Crippen LogP contribution is -2.13. The highest BCUT2D eigenvalue weighted by Crippen LogP contribution is 2.29. The average molecular weight is 237 g/mol. The van der Waals surface area contributed by atoms with E-state index in [1.54, 1.807) is 0 Å². The van der Waals surface area contributed by atoms with Gasteiger partial charge in [0.2, 0.25) is 0 Å². The molecule has 0 saturated carbocycles. The first kappa shape index (κ1) is 12.6. The van der Waals surface area contributed by atoms with E-state index >= 15 is 0 Å². The summed E-state index contributed by atoms with van der Waals surface area (Å²) in [6.07, 6.45) is 7.47. The monoisotopic (exact) mass is 237 g/mol. The highest BCUT2D eigenvalue weighted by molar-refractivity contribution is 5.82. The summed E-state index contributed by atoms with van der Waals surface area (Å²) in [5.74, 6) is 0.464. The fourth-order valence-corrected chi connectivity index (χ4v) is 2.05. The number of benzene rings is 1. The van der Waals surface area contributed by atoms with Crippen LogP contribution in [-0.2, 0) is 0 Å². The van der Waals surface area contributed by atoms with E-state index in [4.69, 9.17) is 5.73 Å². The van der Waals surface area contributed by atoms with E-state index in [0.29, 0.717) is 12.5 Å². The molecular formula is C17H19N. The van der Waals surface area contributed by atoms with Gasteiger partial charge in [-0.3, -0.25) is 0 Å². The van der Waals surface area contributed by atoms with Crippen molar-refractivity contribution in [3.63, 3.8) is 0 Å². The van der Waals surface area contributed by atoms with Crippen LogP contribution < -0.4 is 5.73 Å². The van der Waals surface area contributed by atoms with Gasteiger partial charge < -0.3 is 5.73 Å². The van der Waals surface area contributed by atoms with Gasteiger partial charge in [0.1, 0.15) is 0 Å². The van der Waals surface area contributed by atoms with E-state index in [1.807, 2.05) is 18.2 Å². The van der Waals surface area contributed by atoms with Gasteiger partial charge in [0.05, 0.1) is 0 Å². The molecule has 0 amide bonds. The van der Waals surface area contributed by atoms with E-state index < -0.39 is 0 Å². The Hall–Kier alpha value is -1.86. The molecule has 1 unspecified atom stereocenters. The third-order valence-electron chi connectivity index (χ3n) is 3.33. The summed E-state index contributed by atoms with van der Waals surface area (Å²) in [7, 11) is 0. The van der Waals surface area contributed by atoms with Gasteiger partial charge in [-0.2, -0.15) is 0 Å². The molecule has 0 radical (unpaired) electrons. The quantitative estimate of drug-likeness (QED) is 0.794. The van der Waals surface area contributed by atoms with E-state index in [1.165, 1.54) is 0 Å². The molecule has 1 aromatic carbocycles. The summed E-state index contributed by atoms with van der Waals surface area (Å²) in [6, 6.07) is 10.2. The normalized spacial score (nSPS) is 18.3. The largest absolute Gasteiger partial charge is 0.330 e. The van der Waals surface area contributed by atoms with Crippen molar-refractivity contribution in [2.24, 2.45) is 11.7 Å². The van der Waals surface area contributed by atoms with Crippen molar-refractivity contribution in [3.05, 3.63) is 78.4 Å². The Morgan fingerprint density at radius 1 is 1.17 bits per heavy atom. The predicted octanol–water partition coefficient (Wildman–Crippen LogP) is 3.72. The zero-order chi connectivity index (χ0) is 13.0. The SMILES string of the molecule is C=C(C(=C)c1ccccc1)C1=CCC(CN)C=C1. The van der Waals surface area contributed by atoms with Crippen LogP contribution >= 0.6 is 0 Å². The molecule has 1 heteroatoms. The van der Waals surface area contributed by atoms with Crippen molar-refractivity contribution >= 4 is 5.57 Å². The van der Waals surface area contributed by atoms with Crippen molar-refractivity contribution in [3.8, 4) is 0 Å². The molecule has 92 valence electrons. The van der Waals surface area contributed by atoms with E-state index in [-0.39, 0.29) is 0 Å². The number of hydrogen-bond acceptors (Lipinski definition) is 1. The average Bonchev–Trinajstić information content (AvgIpc) is 2.47. The Labute approximate surface area is 109 Å². The first-order chi connectivity index (χ1) is 8.72. The highest BCUT2D eigenvalue weighted by atomic mass is 14.5. The molecule has 1 atom stereocenters. The van der Waals surface area contributed by atoms with Crippen LogP contribution in [0.15, 0.2) is 72.9 Å². The second-order valence-electron chi connectivity index (χ2n) is 4.57. The van der Waals surface area contributed by atoms with Crippen LogP contribution in [0.4, 0.5) is 0 Å². The summed E-state index contributed by atoms with van der Waals surface area (Å²) < 4.78 is 0. The molecule has 2 rings (SSSR count). The van der Waals surface area contributed by atoms with E-state index in [9.17, 15) is 0 Å². The topological polar surface area (TPSA) is 26.0 Å². The van der Waals surface area contributed by atoms with Crippen LogP contribution in [-0.4, -0.2) is 6.54 Å². The molecule has 0 bridgehead atoms. The third-order valence-corrected chi connectivity index (χ3v) is 3.33. The molecule has 0 spiro atoms. The van der Waals surface area contributed by atoms with Crippen molar-refractivity contribution in [1.29, 1.82) is 0 Å². The summed E-state index contributed by atoms with van der Waals surface area (Å²) in [6.45, 7) is 9.00. The third kappa shape index (κ3) is 2.69. The first-order valence-corrected chi connectivity index (χ1v) is 6.24. The minimum atomic E-state index is 0.464.